The van der Waals surface area contributed by atoms with Crippen LogP contribution in [0.15, 0.2) is 29.3 Å². The fraction of sp³-hybridized carbons (Fsp3) is 0.421. The Balaban J connectivity index is 1.94. The third-order valence-electron chi connectivity index (χ3n) is 4.68. The maximum absolute atomic E-state index is 12.7. The molecule has 0 radical (unpaired) electrons. The molecule has 14 heteroatoms. The van der Waals surface area contributed by atoms with Gasteiger partial charge in [0, 0.05) is 30.8 Å². The molecule has 1 heterocycles. The van der Waals surface area contributed by atoms with Crippen LogP contribution >= 0.6 is 0 Å². The molecule has 8 N–H and O–H groups in total. The Morgan fingerprint density at radius 3 is 2.52 bits per heavy atom. The molecule has 1 fully saturated rings. The lowest BCUT2D eigenvalue weighted by Gasteiger charge is -2.19. The number of nitrogens with zero attached hydrogens (tertiary/aromatic N) is 2. The summed E-state index contributed by atoms with van der Waals surface area (Å²) in [7, 11) is 0. The van der Waals surface area contributed by atoms with E-state index in [4.69, 9.17) is 11.5 Å². The van der Waals surface area contributed by atoms with Gasteiger partial charge in [-0.15, -0.1) is 0 Å². The fourth-order valence-corrected chi connectivity index (χ4v) is 3.01. The molecule has 1 aliphatic rings. The van der Waals surface area contributed by atoms with E-state index in [-0.39, 0.29) is 43.5 Å². The molecule has 2 rings (SSSR count). The Kier molecular flexibility index (Phi) is 9.08. The van der Waals surface area contributed by atoms with Crippen LogP contribution in [0.25, 0.3) is 0 Å². The lowest BCUT2D eigenvalue weighted by atomic mass is 10.1. The molecule has 4 amide bonds. The van der Waals surface area contributed by atoms with Gasteiger partial charge in [0.05, 0.1) is 11.5 Å². The van der Waals surface area contributed by atoms with E-state index < -0.39 is 34.7 Å². The molecular formula is C19H26N8O6. The predicted octanol–water partition coefficient (Wildman–Crippen LogP) is -1.53. The zero-order valence-electron chi connectivity index (χ0n) is 17.7. The highest BCUT2D eigenvalue weighted by atomic mass is 16.6. The minimum Gasteiger partial charge on any atom is -0.370 e. The van der Waals surface area contributed by atoms with Crippen LogP contribution in [-0.2, 0) is 19.2 Å². The van der Waals surface area contributed by atoms with Crippen molar-refractivity contribution in [1.29, 1.82) is 0 Å². The second kappa shape index (κ2) is 12.0. The van der Waals surface area contributed by atoms with Crippen LogP contribution in [0.1, 0.15) is 25.7 Å². The summed E-state index contributed by atoms with van der Waals surface area (Å²) in [6, 6.07) is 3.53. The van der Waals surface area contributed by atoms with Gasteiger partial charge < -0.3 is 32.7 Å². The van der Waals surface area contributed by atoms with Crippen molar-refractivity contribution in [2.75, 3.05) is 18.4 Å². The summed E-state index contributed by atoms with van der Waals surface area (Å²) < 4.78 is 0. The van der Waals surface area contributed by atoms with Gasteiger partial charge in [-0.25, -0.2) is 0 Å². The normalized spacial score (nSPS) is 15.6. The van der Waals surface area contributed by atoms with E-state index in [1.807, 2.05) is 0 Å². The van der Waals surface area contributed by atoms with Crippen molar-refractivity contribution in [3.63, 3.8) is 0 Å². The molecule has 2 atom stereocenters. The van der Waals surface area contributed by atoms with Crippen molar-refractivity contribution in [3.05, 3.63) is 34.4 Å². The SMILES string of the molecule is NC(N)=NCCCC(NC(=O)CNC(=O)C1CCC(=O)N1)C(=O)Nc1ccc([N+](=O)[O-])cc1. The number of nitro benzene ring substituents is 1. The molecule has 0 spiro atoms. The standard InChI is InChI=1S/C19H26N8O6/c20-19(21)22-9-1-2-13(18(31)24-11-3-5-12(6-4-11)27(32)33)26-16(29)10-23-17(30)14-7-8-15(28)25-14/h3-6,13-14H,1-2,7-10H2,(H,23,30)(H,24,31)(H,25,28)(H,26,29)(H4,20,21,22). The topological polar surface area (TPSA) is 224 Å². The maximum atomic E-state index is 12.7. The summed E-state index contributed by atoms with van der Waals surface area (Å²) in [6.07, 6.45) is 1.15. The van der Waals surface area contributed by atoms with E-state index in [0.29, 0.717) is 18.5 Å². The van der Waals surface area contributed by atoms with E-state index >= 15 is 0 Å². The molecule has 0 saturated carbocycles. The first-order chi connectivity index (χ1) is 15.7. The van der Waals surface area contributed by atoms with Crippen LogP contribution in [0.2, 0.25) is 0 Å². The van der Waals surface area contributed by atoms with Crippen molar-refractivity contribution in [2.24, 2.45) is 16.5 Å². The average molecular weight is 462 g/mol. The first-order valence-electron chi connectivity index (χ1n) is 10.1. The number of hydrogen-bond donors (Lipinski definition) is 6. The lowest BCUT2D eigenvalue weighted by molar-refractivity contribution is -0.384. The van der Waals surface area contributed by atoms with E-state index in [2.05, 4.69) is 26.3 Å². The second-order valence-corrected chi connectivity index (χ2v) is 7.24. The fourth-order valence-electron chi connectivity index (χ4n) is 3.01. The summed E-state index contributed by atoms with van der Waals surface area (Å²) in [4.78, 5) is 62.3. The minimum absolute atomic E-state index is 0.104. The average Bonchev–Trinajstić information content (AvgIpc) is 3.20. The number of nitro groups is 1. The number of benzene rings is 1. The lowest BCUT2D eigenvalue weighted by Crippen LogP contribution is -2.49. The Hall–Kier alpha value is -4.23. The summed E-state index contributed by atoms with van der Waals surface area (Å²) in [6.45, 7) is -0.155. The van der Waals surface area contributed by atoms with Crippen molar-refractivity contribution in [1.82, 2.24) is 16.0 Å². The second-order valence-electron chi connectivity index (χ2n) is 7.24. The number of carbonyl (C=O) groups is 4. The summed E-state index contributed by atoms with van der Waals surface area (Å²) in [5, 5.41) is 20.8. The van der Waals surface area contributed by atoms with Gasteiger partial charge in [-0.05, 0) is 31.4 Å². The highest BCUT2D eigenvalue weighted by Gasteiger charge is 2.28. The van der Waals surface area contributed by atoms with Gasteiger partial charge in [0.1, 0.15) is 12.1 Å². The molecule has 0 aromatic heterocycles. The number of rotatable bonds is 11. The van der Waals surface area contributed by atoms with Crippen molar-refractivity contribution < 1.29 is 24.1 Å². The van der Waals surface area contributed by atoms with E-state index in [0.717, 1.165) is 0 Å². The van der Waals surface area contributed by atoms with Crippen LogP contribution < -0.4 is 32.7 Å². The molecule has 33 heavy (non-hydrogen) atoms. The van der Waals surface area contributed by atoms with Gasteiger partial charge >= 0.3 is 0 Å². The molecule has 0 aliphatic carbocycles. The number of anilines is 1. The molecule has 1 aliphatic heterocycles. The zero-order valence-corrected chi connectivity index (χ0v) is 17.7. The number of carbonyl (C=O) groups excluding carboxylic acids is 4. The Bertz CT molecular complexity index is 929. The predicted molar refractivity (Wildman–Crippen MR) is 118 cm³/mol. The van der Waals surface area contributed by atoms with Crippen molar-refractivity contribution in [2.45, 2.75) is 37.8 Å². The third-order valence-corrected chi connectivity index (χ3v) is 4.68. The van der Waals surface area contributed by atoms with Crippen LogP contribution in [0, 0.1) is 10.1 Å². The Morgan fingerprint density at radius 2 is 1.94 bits per heavy atom. The summed E-state index contributed by atoms with van der Waals surface area (Å²) >= 11 is 0. The van der Waals surface area contributed by atoms with Crippen LogP contribution in [-0.4, -0.2) is 59.7 Å². The van der Waals surface area contributed by atoms with Crippen molar-refractivity contribution in [3.8, 4) is 0 Å². The van der Waals surface area contributed by atoms with Crippen molar-refractivity contribution >= 4 is 41.0 Å². The third kappa shape index (κ3) is 8.43. The van der Waals surface area contributed by atoms with Gasteiger partial charge in [-0.2, -0.15) is 0 Å². The smallest absolute Gasteiger partial charge is 0.269 e. The van der Waals surface area contributed by atoms with Gasteiger partial charge in [0.15, 0.2) is 5.96 Å². The highest BCUT2D eigenvalue weighted by molar-refractivity contribution is 5.98. The largest absolute Gasteiger partial charge is 0.370 e. The number of aliphatic imine (C=N–C) groups is 1. The van der Waals surface area contributed by atoms with Gasteiger partial charge in [-0.3, -0.25) is 34.3 Å². The molecule has 14 nitrogen and oxygen atoms in total. The maximum Gasteiger partial charge on any atom is 0.269 e. The number of nitrogens with two attached hydrogens (primary N) is 2. The van der Waals surface area contributed by atoms with Gasteiger partial charge in [0.2, 0.25) is 23.6 Å². The molecular weight excluding hydrogens is 436 g/mol. The van der Waals surface area contributed by atoms with Gasteiger partial charge in [0.25, 0.3) is 5.69 Å². The minimum atomic E-state index is -0.982. The summed E-state index contributed by atoms with van der Waals surface area (Å²) in [5.41, 5.74) is 10.7. The molecule has 2 unspecified atom stereocenters. The molecule has 1 aromatic rings. The van der Waals surface area contributed by atoms with E-state index in [1.165, 1.54) is 24.3 Å². The quantitative estimate of drug-likeness (QED) is 0.0741. The number of hydrogen-bond acceptors (Lipinski definition) is 7. The molecule has 178 valence electrons. The number of amides is 4. The van der Waals surface area contributed by atoms with Crippen LogP contribution in [0.3, 0.4) is 0 Å². The first-order valence-corrected chi connectivity index (χ1v) is 10.1. The zero-order chi connectivity index (χ0) is 24.4. The number of non-ortho nitro benzene ring substituents is 1. The monoisotopic (exact) mass is 462 g/mol. The van der Waals surface area contributed by atoms with Crippen LogP contribution in [0.4, 0.5) is 11.4 Å². The first kappa shape index (κ1) is 25.0. The van der Waals surface area contributed by atoms with Crippen LogP contribution in [0.5, 0.6) is 0 Å². The highest BCUT2D eigenvalue weighted by Crippen LogP contribution is 2.16. The van der Waals surface area contributed by atoms with E-state index in [9.17, 15) is 29.3 Å². The number of nitrogens with one attached hydrogen (secondary N) is 4. The molecule has 1 saturated heterocycles. The van der Waals surface area contributed by atoms with Gasteiger partial charge in [-0.1, -0.05) is 0 Å². The Morgan fingerprint density at radius 1 is 1.24 bits per heavy atom. The van der Waals surface area contributed by atoms with E-state index in [1.54, 1.807) is 0 Å². The number of guanidine groups is 1. The molecule has 0 bridgehead atoms. The Labute approximate surface area is 188 Å². The molecule has 1 aromatic carbocycles. The summed E-state index contributed by atoms with van der Waals surface area (Å²) in [5.74, 6) is -2.00.